The van der Waals surface area contributed by atoms with Crippen LogP contribution in [0.5, 0.6) is 5.75 Å². The van der Waals surface area contributed by atoms with Gasteiger partial charge in [-0.15, -0.1) is 0 Å². The van der Waals surface area contributed by atoms with Gasteiger partial charge >= 0.3 is 0 Å². The number of rotatable bonds is 4. The SMILES string of the molecule is C[C@H]1CN(C(=O)C(O)CO)CC[C@H]1C(N)c1cc(Cl)c(Cl)cc1O. The molecule has 2 unspecified atom stereocenters. The van der Waals surface area contributed by atoms with Crippen LogP contribution in [0.15, 0.2) is 12.1 Å². The molecule has 0 spiro atoms. The first kappa shape index (κ1) is 19.3. The summed E-state index contributed by atoms with van der Waals surface area (Å²) >= 11 is 11.9. The zero-order chi connectivity index (χ0) is 18.0. The number of hydrogen-bond donors (Lipinski definition) is 4. The number of amides is 1. The molecule has 0 bridgehead atoms. The van der Waals surface area contributed by atoms with E-state index in [-0.39, 0.29) is 22.6 Å². The number of halogens is 2. The van der Waals surface area contributed by atoms with Crippen molar-refractivity contribution in [2.45, 2.75) is 25.5 Å². The second-order valence-electron chi connectivity index (χ2n) is 6.26. The van der Waals surface area contributed by atoms with Crippen molar-refractivity contribution >= 4 is 29.1 Å². The summed E-state index contributed by atoms with van der Waals surface area (Å²) in [4.78, 5) is 13.5. The van der Waals surface area contributed by atoms with Crippen LogP contribution in [0.4, 0.5) is 0 Å². The normalized spacial score (nSPS) is 23.8. The second kappa shape index (κ2) is 7.89. The van der Waals surface area contributed by atoms with Crippen molar-refractivity contribution in [3.63, 3.8) is 0 Å². The predicted octanol–water partition coefficient (Wildman–Crippen LogP) is 1.54. The number of phenolic OH excluding ortho intramolecular Hbond substituents is 1. The van der Waals surface area contributed by atoms with Crippen molar-refractivity contribution in [2.24, 2.45) is 17.6 Å². The Bertz CT molecular complexity index is 614. The van der Waals surface area contributed by atoms with Gasteiger partial charge in [0, 0.05) is 30.8 Å². The Morgan fingerprint density at radius 2 is 2.04 bits per heavy atom. The minimum absolute atomic E-state index is 0.00157. The first-order valence-electron chi connectivity index (χ1n) is 7.77. The highest BCUT2D eigenvalue weighted by atomic mass is 35.5. The fourth-order valence-electron chi connectivity index (χ4n) is 3.24. The Labute approximate surface area is 150 Å². The lowest BCUT2D eigenvalue weighted by Gasteiger charge is -2.40. The van der Waals surface area contributed by atoms with Gasteiger partial charge in [-0.2, -0.15) is 0 Å². The molecule has 6 nitrogen and oxygen atoms in total. The van der Waals surface area contributed by atoms with Crippen LogP contribution in [0.2, 0.25) is 10.0 Å². The predicted molar refractivity (Wildman–Crippen MR) is 92.0 cm³/mol. The topological polar surface area (TPSA) is 107 Å². The maximum atomic E-state index is 12.0. The average Bonchev–Trinajstić information content (AvgIpc) is 2.56. The number of aliphatic hydroxyl groups excluding tert-OH is 2. The monoisotopic (exact) mass is 376 g/mol. The second-order valence-corrected chi connectivity index (χ2v) is 7.08. The van der Waals surface area contributed by atoms with Gasteiger partial charge in [0.15, 0.2) is 6.10 Å². The number of aliphatic hydroxyl groups is 2. The van der Waals surface area contributed by atoms with Crippen molar-refractivity contribution in [3.8, 4) is 5.75 Å². The molecule has 1 aromatic carbocycles. The smallest absolute Gasteiger partial charge is 0.253 e. The lowest BCUT2D eigenvalue weighted by molar-refractivity contribution is -0.144. The van der Waals surface area contributed by atoms with E-state index in [1.807, 2.05) is 6.92 Å². The molecule has 24 heavy (non-hydrogen) atoms. The molecule has 2 rings (SSSR count). The van der Waals surface area contributed by atoms with E-state index in [9.17, 15) is 15.0 Å². The zero-order valence-corrected chi connectivity index (χ0v) is 14.8. The summed E-state index contributed by atoms with van der Waals surface area (Å²) in [5, 5.41) is 29.1. The van der Waals surface area contributed by atoms with Crippen LogP contribution in [0.1, 0.15) is 24.9 Å². The third-order valence-electron chi connectivity index (χ3n) is 4.63. The van der Waals surface area contributed by atoms with Gasteiger partial charge in [0.2, 0.25) is 0 Å². The molecular weight excluding hydrogens is 355 g/mol. The number of benzene rings is 1. The maximum absolute atomic E-state index is 12.0. The highest BCUT2D eigenvalue weighted by Crippen LogP contribution is 2.39. The minimum atomic E-state index is -1.39. The van der Waals surface area contributed by atoms with Crippen LogP contribution in [0.25, 0.3) is 0 Å². The summed E-state index contributed by atoms with van der Waals surface area (Å²) in [6, 6.07) is 2.50. The summed E-state index contributed by atoms with van der Waals surface area (Å²) in [5.41, 5.74) is 6.86. The lowest BCUT2D eigenvalue weighted by Crippen LogP contribution is -2.49. The fourth-order valence-corrected chi connectivity index (χ4v) is 3.57. The summed E-state index contributed by atoms with van der Waals surface area (Å²) < 4.78 is 0. The van der Waals surface area contributed by atoms with E-state index in [4.69, 9.17) is 34.0 Å². The third-order valence-corrected chi connectivity index (χ3v) is 5.35. The van der Waals surface area contributed by atoms with Crippen LogP contribution >= 0.6 is 23.2 Å². The Hall–Kier alpha value is -1.05. The molecule has 1 heterocycles. The first-order valence-corrected chi connectivity index (χ1v) is 8.53. The lowest BCUT2D eigenvalue weighted by atomic mass is 9.79. The minimum Gasteiger partial charge on any atom is -0.508 e. The number of nitrogens with two attached hydrogens (primary N) is 1. The van der Waals surface area contributed by atoms with Crippen LogP contribution in [0.3, 0.4) is 0 Å². The van der Waals surface area contributed by atoms with E-state index in [1.165, 1.54) is 11.0 Å². The molecule has 5 N–H and O–H groups in total. The summed E-state index contributed by atoms with van der Waals surface area (Å²) in [7, 11) is 0. The van der Waals surface area contributed by atoms with E-state index in [0.29, 0.717) is 30.1 Å². The van der Waals surface area contributed by atoms with Crippen molar-refractivity contribution in [2.75, 3.05) is 19.7 Å². The van der Waals surface area contributed by atoms with E-state index < -0.39 is 24.7 Å². The highest BCUT2D eigenvalue weighted by molar-refractivity contribution is 6.42. The molecule has 1 aliphatic heterocycles. The number of carbonyl (C=O) groups is 1. The Morgan fingerprint density at radius 3 is 2.62 bits per heavy atom. The Morgan fingerprint density at radius 1 is 1.42 bits per heavy atom. The zero-order valence-electron chi connectivity index (χ0n) is 13.3. The fraction of sp³-hybridized carbons (Fsp3) is 0.562. The number of carbonyl (C=O) groups excluding carboxylic acids is 1. The molecule has 1 aromatic rings. The molecule has 0 aromatic heterocycles. The molecule has 134 valence electrons. The van der Waals surface area contributed by atoms with Crippen molar-refractivity contribution in [3.05, 3.63) is 27.7 Å². The summed E-state index contributed by atoms with van der Waals surface area (Å²) in [6.45, 7) is 2.23. The number of nitrogens with zero attached hydrogens (tertiary/aromatic N) is 1. The van der Waals surface area contributed by atoms with Gasteiger partial charge in [-0.3, -0.25) is 4.79 Å². The largest absolute Gasteiger partial charge is 0.508 e. The van der Waals surface area contributed by atoms with Crippen LogP contribution in [-0.4, -0.2) is 51.9 Å². The van der Waals surface area contributed by atoms with Gasteiger partial charge in [0.1, 0.15) is 5.75 Å². The number of likely N-dealkylation sites (tertiary alicyclic amines) is 1. The van der Waals surface area contributed by atoms with Crippen molar-refractivity contribution in [1.29, 1.82) is 0 Å². The maximum Gasteiger partial charge on any atom is 0.253 e. The van der Waals surface area contributed by atoms with E-state index >= 15 is 0 Å². The Kier molecular flexibility index (Phi) is 6.33. The van der Waals surface area contributed by atoms with Gasteiger partial charge in [-0.1, -0.05) is 30.1 Å². The summed E-state index contributed by atoms with van der Waals surface area (Å²) in [6.07, 6.45) is -0.770. The van der Waals surface area contributed by atoms with E-state index in [0.717, 1.165) is 0 Å². The average molecular weight is 377 g/mol. The van der Waals surface area contributed by atoms with Gasteiger partial charge in [-0.05, 0) is 24.3 Å². The van der Waals surface area contributed by atoms with Gasteiger partial charge in [-0.25, -0.2) is 0 Å². The number of hydrogen-bond acceptors (Lipinski definition) is 5. The van der Waals surface area contributed by atoms with Gasteiger partial charge in [0.05, 0.1) is 16.7 Å². The molecule has 1 amide bonds. The molecule has 1 fully saturated rings. The van der Waals surface area contributed by atoms with Crippen molar-refractivity contribution < 1.29 is 20.1 Å². The molecule has 0 radical (unpaired) electrons. The number of aromatic hydroxyl groups is 1. The standard InChI is InChI=1S/C16H22Cl2N2O4/c1-8-6-20(16(24)14(23)7-21)3-2-9(8)15(19)10-4-11(17)12(18)5-13(10)22/h4-5,8-9,14-15,21-23H,2-3,6-7,19H2,1H3/t8-,9+,14?,15?/m0/s1. The van der Waals surface area contributed by atoms with E-state index in [1.54, 1.807) is 6.07 Å². The summed E-state index contributed by atoms with van der Waals surface area (Å²) in [5.74, 6) is -0.395. The van der Waals surface area contributed by atoms with Gasteiger partial charge in [0.25, 0.3) is 5.91 Å². The van der Waals surface area contributed by atoms with Crippen LogP contribution in [0, 0.1) is 11.8 Å². The molecule has 1 aliphatic rings. The Balaban J connectivity index is 2.12. The molecular formula is C16H22Cl2N2O4. The molecule has 0 aliphatic carbocycles. The van der Waals surface area contributed by atoms with Gasteiger partial charge < -0.3 is 26.0 Å². The highest BCUT2D eigenvalue weighted by Gasteiger charge is 2.35. The number of piperidine rings is 1. The molecule has 4 atom stereocenters. The van der Waals surface area contributed by atoms with E-state index in [2.05, 4.69) is 0 Å². The van der Waals surface area contributed by atoms with Crippen molar-refractivity contribution in [1.82, 2.24) is 4.90 Å². The van der Waals surface area contributed by atoms with Crippen LogP contribution in [-0.2, 0) is 4.79 Å². The quantitative estimate of drug-likeness (QED) is 0.637. The number of phenols is 1. The molecule has 8 heteroatoms. The third kappa shape index (κ3) is 3.95. The van der Waals surface area contributed by atoms with Crippen LogP contribution < -0.4 is 5.73 Å². The molecule has 0 saturated carbocycles. The molecule has 1 saturated heterocycles. The first-order chi connectivity index (χ1) is 11.3.